The standard InChI is InChI=1S/C39H46N8O2/c1-44(2)34(26-14-7-5-8-15-26)38(48)46-22-12-11-18-32(46)36-40-25-31(43-36)28-20-21-29-30(24-28)42-37(41-29)33-19-13-23-47(33)39(49)35(45(3)4)27-16-9-6-10-17-27/h5-10,14-17,20-21,24-25,32-35H,11-13,18-19,22-23H2,1-4H3,(H,40,43)(H,41,42). The number of piperidine rings is 1. The average molecular weight is 659 g/mol. The number of benzene rings is 3. The fourth-order valence-corrected chi connectivity index (χ4v) is 7.71. The van der Waals surface area contributed by atoms with Crippen molar-refractivity contribution in [1.82, 2.24) is 39.5 Å². The van der Waals surface area contributed by atoms with Crippen LogP contribution in [0.1, 0.15) is 79.0 Å². The molecule has 2 saturated heterocycles. The molecule has 0 bridgehead atoms. The number of hydrogen-bond donors (Lipinski definition) is 2. The predicted octanol–water partition coefficient (Wildman–Crippen LogP) is 6.28. The van der Waals surface area contributed by atoms with Crippen LogP contribution in [0.25, 0.3) is 22.3 Å². The van der Waals surface area contributed by atoms with Crippen LogP contribution in [0.15, 0.2) is 85.1 Å². The summed E-state index contributed by atoms with van der Waals surface area (Å²) in [5, 5.41) is 0. The number of likely N-dealkylation sites (N-methyl/N-ethyl adjacent to an activating group) is 2. The van der Waals surface area contributed by atoms with Crippen LogP contribution in [0.3, 0.4) is 0 Å². The lowest BCUT2D eigenvalue weighted by molar-refractivity contribution is -0.140. The maximum atomic E-state index is 14.1. The maximum Gasteiger partial charge on any atom is 0.245 e. The molecule has 2 N–H and O–H groups in total. The van der Waals surface area contributed by atoms with Gasteiger partial charge in [0.25, 0.3) is 0 Å². The van der Waals surface area contributed by atoms with Gasteiger partial charge < -0.3 is 19.8 Å². The van der Waals surface area contributed by atoms with E-state index in [-0.39, 0.29) is 36.0 Å². The largest absolute Gasteiger partial charge is 0.340 e. The number of nitrogens with zero attached hydrogens (tertiary/aromatic N) is 6. The third-order valence-electron chi connectivity index (χ3n) is 10.1. The van der Waals surface area contributed by atoms with E-state index >= 15 is 0 Å². The van der Waals surface area contributed by atoms with E-state index in [4.69, 9.17) is 9.97 Å². The van der Waals surface area contributed by atoms with Crippen LogP contribution < -0.4 is 0 Å². The minimum atomic E-state index is -0.355. The van der Waals surface area contributed by atoms with Gasteiger partial charge in [-0.25, -0.2) is 9.97 Å². The summed E-state index contributed by atoms with van der Waals surface area (Å²) in [6, 6.07) is 25.2. The SMILES string of the molecule is CN(C)C(C(=O)N1CCCCC1c1ncc(-c2ccc3nc(C4CCCN4C(=O)C(c4ccccc4)N(C)C)[nH]c3c2)[nH]1)c1ccccc1. The van der Waals surface area contributed by atoms with Crippen molar-refractivity contribution in [3.05, 3.63) is 108 Å². The Hall–Kier alpha value is -4.80. The summed E-state index contributed by atoms with van der Waals surface area (Å²) in [4.78, 5) is 53.0. The number of carbonyl (C=O) groups is 2. The van der Waals surface area contributed by atoms with Gasteiger partial charge in [-0.15, -0.1) is 0 Å². The van der Waals surface area contributed by atoms with E-state index in [1.54, 1.807) is 0 Å². The summed E-state index contributed by atoms with van der Waals surface area (Å²) >= 11 is 0. The van der Waals surface area contributed by atoms with Gasteiger partial charge in [0.1, 0.15) is 23.7 Å². The molecule has 2 aliphatic rings. The zero-order chi connectivity index (χ0) is 34.1. The Labute approximate surface area is 288 Å². The molecular formula is C39H46N8O2. The van der Waals surface area contributed by atoms with Gasteiger partial charge in [-0.1, -0.05) is 66.7 Å². The number of hydrogen-bond acceptors (Lipinski definition) is 6. The van der Waals surface area contributed by atoms with Crippen molar-refractivity contribution < 1.29 is 9.59 Å². The van der Waals surface area contributed by atoms with Crippen LogP contribution in [-0.2, 0) is 9.59 Å². The van der Waals surface area contributed by atoms with E-state index in [9.17, 15) is 9.59 Å². The highest BCUT2D eigenvalue weighted by atomic mass is 16.2. The van der Waals surface area contributed by atoms with Crippen LogP contribution in [0.4, 0.5) is 0 Å². The van der Waals surface area contributed by atoms with Crippen LogP contribution in [0, 0.1) is 0 Å². The molecule has 2 amide bonds. The highest BCUT2D eigenvalue weighted by Crippen LogP contribution is 2.37. The molecule has 10 heteroatoms. The van der Waals surface area contributed by atoms with Gasteiger partial charge in [-0.2, -0.15) is 0 Å². The number of H-pyrrole nitrogens is 2. The molecule has 49 heavy (non-hydrogen) atoms. The predicted molar refractivity (Wildman–Crippen MR) is 191 cm³/mol. The summed E-state index contributed by atoms with van der Waals surface area (Å²) in [5.74, 6) is 1.83. The molecule has 7 rings (SSSR count). The number of imidazole rings is 2. The Morgan fingerprint density at radius 2 is 1.29 bits per heavy atom. The second kappa shape index (κ2) is 14.0. The number of nitrogens with one attached hydrogen (secondary N) is 2. The van der Waals surface area contributed by atoms with Crippen molar-refractivity contribution in [2.75, 3.05) is 41.3 Å². The van der Waals surface area contributed by atoms with Gasteiger partial charge >= 0.3 is 0 Å². The molecule has 0 radical (unpaired) electrons. The zero-order valence-electron chi connectivity index (χ0n) is 28.8. The van der Waals surface area contributed by atoms with Crippen molar-refractivity contribution in [3.8, 4) is 11.3 Å². The first-order valence-electron chi connectivity index (χ1n) is 17.4. The fourth-order valence-electron chi connectivity index (χ4n) is 7.71. The van der Waals surface area contributed by atoms with Crippen molar-refractivity contribution in [1.29, 1.82) is 0 Å². The van der Waals surface area contributed by atoms with E-state index in [0.29, 0.717) is 13.1 Å². The molecule has 254 valence electrons. The molecule has 10 nitrogen and oxygen atoms in total. The van der Waals surface area contributed by atoms with E-state index < -0.39 is 0 Å². The Morgan fingerprint density at radius 3 is 1.90 bits per heavy atom. The monoisotopic (exact) mass is 658 g/mol. The highest BCUT2D eigenvalue weighted by Gasteiger charge is 2.38. The summed E-state index contributed by atoms with van der Waals surface area (Å²) in [5.41, 5.74) is 5.65. The quantitative estimate of drug-likeness (QED) is 0.193. The highest BCUT2D eigenvalue weighted by molar-refractivity contribution is 5.85. The van der Waals surface area contributed by atoms with E-state index in [1.807, 2.05) is 121 Å². The summed E-state index contributed by atoms with van der Waals surface area (Å²) < 4.78 is 0. The topological polar surface area (TPSA) is 104 Å². The third kappa shape index (κ3) is 6.50. The summed E-state index contributed by atoms with van der Waals surface area (Å²) in [6.45, 7) is 1.42. The molecule has 2 fully saturated rings. The lowest BCUT2D eigenvalue weighted by Gasteiger charge is -2.38. The smallest absolute Gasteiger partial charge is 0.245 e. The third-order valence-corrected chi connectivity index (χ3v) is 10.1. The Balaban J connectivity index is 1.12. The molecule has 2 aliphatic heterocycles. The molecule has 5 aromatic rings. The van der Waals surface area contributed by atoms with Gasteiger partial charge in [0, 0.05) is 18.7 Å². The van der Waals surface area contributed by atoms with Crippen molar-refractivity contribution >= 4 is 22.8 Å². The molecule has 2 aromatic heterocycles. The van der Waals surface area contributed by atoms with Gasteiger partial charge in [0.05, 0.1) is 35.0 Å². The number of aromatic amines is 2. The molecular weight excluding hydrogens is 612 g/mol. The average Bonchev–Trinajstić information content (AvgIpc) is 3.89. The maximum absolute atomic E-state index is 14.1. The molecule has 4 atom stereocenters. The number of likely N-dealkylation sites (tertiary alicyclic amines) is 2. The van der Waals surface area contributed by atoms with E-state index in [0.717, 1.165) is 77.2 Å². The number of aromatic nitrogens is 4. The minimum absolute atomic E-state index is 0.0979. The number of fused-ring (bicyclic) bond motifs is 1. The lowest BCUT2D eigenvalue weighted by Crippen LogP contribution is -2.45. The number of carbonyl (C=O) groups excluding carboxylic acids is 2. The number of rotatable bonds is 9. The number of amides is 2. The molecule has 3 aromatic carbocycles. The molecule has 4 heterocycles. The molecule has 0 spiro atoms. The second-order valence-corrected chi connectivity index (χ2v) is 13.8. The second-order valence-electron chi connectivity index (χ2n) is 13.8. The lowest BCUT2D eigenvalue weighted by atomic mass is 9.97. The first-order valence-corrected chi connectivity index (χ1v) is 17.4. The van der Waals surface area contributed by atoms with E-state index in [1.165, 1.54) is 0 Å². The Morgan fingerprint density at radius 1 is 0.714 bits per heavy atom. The van der Waals surface area contributed by atoms with Gasteiger partial charge in [0.2, 0.25) is 11.8 Å². The van der Waals surface area contributed by atoms with Crippen molar-refractivity contribution in [2.24, 2.45) is 0 Å². The van der Waals surface area contributed by atoms with Crippen LogP contribution in [0.2, 0.25) is 0 Å². The first-order chi connectivity index (χ1) is 23.8. The fraction of sp³-hybridized carbons (Fsp3) is 0.385. The zero-order valence-corrected chi connectivity index (χ0v) is 28.8. The van der Waals surface area contributed by atoms with Crippen molar-refractivity contribution in [2.45, 2.75) is 56.3 Å². The summed E-state index contributed by atoms with van der Waals surface area (Å²) in [7, 11) is 7.84. The minimum Gasteiger partial charge on any atom is -0.340 e. The normalized spacial score (nSPS) is 19.6. The van der Waals surface area contributed by atoms with Crippen LogP contribution >= 0.6 is 0 Å². The van der Waals surface area contributed by atoms with E-state index in [2.05, 4.69) is 22.1 Å². The van der Waals surface area contributed by atoms with Gasteiger partial charge in [-0.3, -0.25) is 19.4 Å². The van der Waals surface area contributed by atoms with Gasteiger partial charge in [-0.05, 0) is 83.6 Å². The van der Waals surface area contributed by atoms with Crippen LogP contribution in [-0.4, -0.2) is 92.6 Å². The molecule has 4 unspecified atom stereocenters. The van der Waals surface area contributed by atoms with Crippen LogP contribution in [0.5, 0.6) is 0 Å². The molecule has 0 aliphatic carbocycles. The Kier molecular flexibility index (Phi) is 9.33. The molecule has 0 saturated carbocycles. The van der Waals surface area contributed by atoms with Gasteiger partial charge in [0.15, 0.2) is 0 Å². The summed E-state index contributed by atoms with van der Waals surface area (Å²) in [6.07, 6.45) is 6.57. The Bertz CT molecular complexity index is 1900. The first kappa shape index (κ1) is 32.7. The van der Waals surface area contributed by atoms with Crippen molar-refractivity contribution in [3.63, 3.8) is 0 Å².